The zero-order valence-electron chi connectivity index (χ0n) is 17.8. The number of carbonyl (C=O) groups is 1. The van der Waals surface area contributed by atoms with Gasteiger partial charge >= 0.3 is 0 Å². The van der Waals surface area contributed by atoms with E-state index in [1.807, 2.05) is 61.5 Å². The number of hydrogen-bond acceptors (Lipinski definition) is 4. The summed E-state index contributed by atoms with van der Waals surface area (Å²) in [7, 11) is 0. The highest BCUT2D eigenvalue weighted by atomic mass is 32.2. The van der Waals surface area contributed by atoms with Crippen molar-refractivity contribution < 1.29 is 9.53 Å². The van der Waals surface area contributed by atoms with Gasteiger partial charge in [-0.15, -0.1) is 0 Å². The summed E-state index contributed by atoms with van der Waals surface area (Å²) in [6, 6.07) is 15.8. The van der Waals surface area contributed by atoms with Gasteiger partial charge in [0.1, 0.15) is 5.75 Å². The Balaban J connectivity index is 1.52. The number of ether oxygens (including phenoxy) is 1. The van der Waals surface area contributed by atoms with Gasteiger partial charge in [-0.3, -0.25) is 4.79 Å². The fourth-order valence-electron chi connectivity index (χ4n) is 3.16. The minimum absolute atomic E-state index is 0.115. The third kappa shape index (κ3) is 6.77. The van der Waals surface area contributed by atoms with E-state index in [2.05, 4.69) is 17.2 Å². The van der Waals surface area contributed by atoms with E-state index in [1.165, 1.54) is 43.9 Å². The molecule has 158 valence electrons. The minimum Gasteiger partial charge on any atom is -0.494 e. The van der Waals surface area contributed by atoms with E-state index >= 15 is 0 Å². The van der Waals surface area contributed by atoms with E-state index in [1.54, 1.807) is 0 Å². The Kier molecular flexibility index (Phi) is 8.57. The van der Waals surface area contributed by atoms with Crippen LogP contribution >= 0.6 is 11.8 Å². The van der Waals surface area contributed by atoms with Crippen molar-refractivity contribution in [3.8, 4) is 5.75 Å². The first-order valence-electron chi connectivity index (χ1n) is 10.7. The molecule has 0 spiro atoms. The van der Waals surface area contributed by atoms with E-state index in [4.69, 9.17) is 4.74 Å². The summed E-state index contributed by atoms with van der Waals surface area (Å²) in [5, 5.41) is 3.46. The van der Waals surface area contributed by atoms with Gasteiger partial charge in [-0.05, 0) is 60.5 Å². The number of thioether (sulfide) groups is 1. The Morgan fingerprint density at radius 2 is 1.73 bits per heavy atom. The van der Waals surface area contributed by atoms with Crippen LogP contribution in [0.2, 0.25) is 0 Å². The summed E-state index contributed by atoms with van der Waals surface area (Å²) in [5.41, 5.74) is 2.92. The molecule has 0 radical (unpaired) electrons. The number of unbranched alkanes of at least 4 members (excludes halogenated alkanes) is 5. The van der Waals surface area contributed by atoms with Crippen molar-refractivity contribution >= 4 is 34.6 Å². The number of amides is 1. The molecule has 2 aromatic rings. The fraction of sp³-hybridized carbons (Fsp3) is 0.360. The Labute approximate surface area is 183 Å². The van der Waals surface area contributed by atoms with E-state index in [0.29, 0.717) is 10.1 Å². The van der Waals surface area contributed by atoms with Crippen LogP contribution in [-0.2, 0) is 4.79 Å². The quantitative estimate of drug-likeness (QED) is 0.345. The van der Waals surface area contributed by atoms with Gasteiger partial charge in [0, 0.05) is 0 Å². The fourth-order valence-corrected chi connectivity index (χ4v) is 4.00. The molecule has 30 heavy (non-hydrogen) atoms. The predicted octanol–water partition coefficient (Wildman–Crippen LogP) is 6.63. The van der Waals surface area contributed by atoms with Crippen LogP contribution in [0.1, 0.15) is 56.6 Å². The van der Waals surface area contributed by atoms with Crippen LogP contribution in [0.15, 0.2) is 58.4 Å². The Morgan fingerprint density at radius 3 is 2.50 bits per heavy atom. The van der Waals surface area contributed by atoms with Gasteiger partial charge in [0.05, 0.1) is 17.2 Å². The molecule has 1 amide bonds. The third-order valence-corrected chi connectivity index (χ3v) is 5.84. The molecule has 0 bridgehead atoms. The zero-order chi connectivity index (χ0) is 21.2. The smallest absolute Gasteiger partial charge is 0.264 e. The summed E-state index contributed by atoms with van der Waals surface area (Å²) in [6.45, 7) is 5.00. The van der Waals surface area contributed by atoms with Crippen LogP contribution in [0.5, 0.6) is 5.75 Å². The number of para-hydroxylation sites is 1. The van der Waals surface area contributed by atoms with Gasteiger partial charge in [-0.25, -0.2) is 4.99 Å². The lowest BCUT2D eigenvalue weighted by atomic mass is 10.1. The van der Waals surface area contributed by atoms with Gasteiger partial charge < -0.3 is 10.1 Å². The number of nitrogens with zero attached hydrogens (tertiary/aromatic N) is 1. The molecule has 1 aliphatic heterocycles. The lowest BCUT2D eigenvalue weighted by Gasteiger charge is -2.06. The number of aliphatic imine (C=N–C) groups is 1. The van der Waals surface area contributed by atoms with Crippen molar-refractivity contribution in [2.45, 2.75) is 52.4 Å². The van der Waals surface area contributed by atoms with Crippen molar-refractivity contribution in [1.82, 2.24) is 5.32 Å². The monoisotopic (exact) mass is 422 g/mol. The van der Waals surface area contributed by atoms with Crippen molar-refractivity contribution in [2.24, 2.45) is 4.99 Å². The van der Waals surface area contributed by atoms with Gasteiger partial charge in [0.2, 0.25) is 0 Å². The van der Waals surface area contributed by atoms with E-state index < -0.39 is 0 Å². The molecule has 2 aromatic carbocycles. The first-order valence-corrected chi connectivity index (χ1v) is 11.6. The molecule has 1 saturated heterocycles. The summed E-state index contributed by atoms with van der Waals surface area (Å²) in [5.74, 6) is 0.756. The number of amidine groups is 1. The van der Waals surface area contributed by atoms with Crippen molar-refractivity contribution in [3.63, 3.8) is 0 Å². The number of nitrogens with one attached hydrogen (secondary N) is 1. The topological polar surface area (TPSA) is 50.7 Å². The third-order valence-electron chi connectivity index (χ3n) is 4.93. The molecular formula is C25H30N2O2S. The molecule has 0 atom stereocenters. The van der Waals surface area contributed by atoms with Gasteiger partial charge in [0.15, 0.2) is 5.17 Å². The van der Waals surface area contributed by atoms with Crippen molar-refractivity contribution in [2.75, 3.05) is 6.61 Å². The zero-order valence-corrected chi connectivity index (χ0v) is 18.6. The molecule has 3 rings (SSSR count). The van der Waals surface area contributed by atoms with E-state index in [-0.39, 0.29) is 5.91 Å². The summed E-state index contributed by atoms with van der Waals surface area (Å²) in [4.78, 5) is 17.5. The van der Waals surface area contributed by atoms with Gasteiger partial charge in [0.25, 0.3) is 5.91 Å². The molecule has 0 aliphatic carbocycles. The van der Waals surface area contributed by atoms with Crippen LogP contribution in [0, 0.1) is 6.92 Å². The second-order valence-electron chi connectivity index (χ2n) is 7.45. The second kappa shape index (κ2) is 11.6. The highest BCUT2D eigenvalue weighted by Gasteiger charge is 2.23. The number of benzene rings is 2. The molecule has 1 N–H and O–H groups in total. The van der Waals surface area contributed by atoms with Crippen molar-refractivity contribution in [3.05, 3.63) is 64.6 Å². The minimum atomic E-state index is -0.115. The van der Waals surface area contributed by atoms with Crippen LogP contribution in [0.4, 0.5) is 5.69 Å². The van der Waals surface area contributed by atoms with Gasteiger partial charge in [-0.1, -0.05) is 69.4 Å². The Bertz CT molecular complexity index is 904. The second-order valence-corrected chi connectivity index (χ2v) is 8.48. The largest absolute Gasteiger partial charge is 0.494 e. The predicted molar refractivity (Wildman–Crippen MR) is 127 cm³/mol. The number of rotatable bonds is 10. The summed E-state index contributed by atoms with van der Waals surface area (Å²) >= 11 is 1.37. The average Bonchev–Trinajstić information content (AvgIpc) is 3.09. The standard InChI is InChI=1S/C25H30N2O2S/c1-3-4-5-6-7-10-17-29-21-15-13-20(14-16-21)18-23-24(28)27-25(30-23)26-22-12-9-8-11-19(22)2/h8-9,11-16,18H,3-7,10,17H2,1-2H3,(H,26,27,28)/b23-18+. The van der Waals surface area contributed by atoms with Crippen molar-refractivity contribution in [1.29, 1.82) is 0 Å². The van der Waals surface area contributed by atoms with Crippen LogP contribution < -0.4 is 10.1 Å². The molecule has 1 fully saturated rings. The normalized spacial score (nSPS) is 16.3. The Hall–Kier alpha value is -2.53. The maximum atomic E-state index is 12.3. The summed E-state index contributed by atoms with van der Waals surface area (Å²) < 4.78 is 5.83. The van der Waals surface area contributed by atoms with Crippen LogP contribution in [-0.4, -0.2) is 17.7 Å². The number of aryl methyl sites for hydroxylation is 1. The molecular weight excluding hydrogens is 392 g/mol. The molecule has 0 saturated carbocycles. The Morgan fingerprint density at radius 1 is 1.00 bits per heavy atom. The molecule has 4 nitrogen and oxygen atoms in total. The maximum absolute atomic E-state index is 12.3. The number of hydrogen-bond donors (Lipinski definition) is 1. The lowest BCUT2D eigenvalue weighted by molar-refractivity contribution is -0.115. The highest BCUT2D eigenvalue weighted by molar-refractivity contribution is 8.18. The highest BCUT2D eigenvalue weighted by Crippen LogP contribution is 2.29. The van der Waals surface area contributed by atoms with Crippen LogP contribution in [0.25, 0.3) is 6.08 Å². The first-order chi connectivity index (χ1) is 14.7. The first kappa shape index (κ1) is 22.2. The SMILES string of the molecule is CCCCCCCCOc1ccc(/C=C2/SC(=Nc3ccccc3C)NC2=O)cc1. The van der Waals surface area contributed by atoms with E-state index in [0.717, 1.165) is 35.6 Å². The maximum Gasteiger partial charge on any atom is 0.264 e. The molecule has 1 aliphatic rings. The van der Waals surface area contributed by atoms with Crippen LogP contribution in [0.3, 0.4) is 0 Å². The lowest BCUT2D eigenvalue weighted by Crippen LogP contribution is -2.19. The molecule has 1 heterocycles. The summed E-state index contributed by atoms with van der Waals surface area (Å²) in [6.07, 6.45) is 9.42. The molecule has 0 aromatic heterocycles. The average molecular weight is 423 g/mol. The number of carbonyl (C=O) groups excluding carboxylic acids is 1. The molecule has 5 heteroatoms. The van der Waals surface area contributed by atoms with Gasteiger partial charge in [-0.2, -0.15) is 0 Å². The van der Waals surface area contributed by atoms with E-state index in [9.17, 15) is 4.79 Å². The molecule has 0 unspecified atom stereocenters.